The second-order valence-electron chi connectivity index (χ2n) is 5.04. The molecule has 0 unspecified atom stereocenters. The van der Waals surface area contributed by atoms with Gasteiger partial charge in [0.2, 0.25) is 5.96 Å². The first-order valence-corrected chi connectivity index (χ1v) is 8.05. The molecule has 0 aliphatic carbocycles. The summed E-state index contributed by atoms with van der Waals surface area (Å²) in [6.07, 6.45) is 1.71. The third-order valence-corrected chi connectivity index (χ3v) is 5.97. The van der Waals surface area contributed by atoms with Gasteiger partial charge in [0.25, 0.3) is 0 Å². The van der Waals surface area contributed by atoms with Gasteiger partial charge in [0.05, 0.1) is 11.9 Å². The molecule has 0 radical (unpaired) electrons. The van der Waals surface area contributed by atoms with Crippen molar-refractivity contribution < 1.29 is 4.57 Å². The minimum absolute atomic E-state index is 0.209. The van der Waals surface area contributed by atoms with Gasteiger partial charge in [-0.1, -0.05) is 30.3 Å². The molecule has 0 amide bonds. The van der Waals surface area contributed by atoms with E-state index >= 15 is 0 Å². The number of nitrogens with zero attached hydrogens (tertiary/aromatic N) is 4. The van der Waals surface area contributed by atoms with Crippen LogP contribution in [0.1, 0.15) is 5.56 Å². The molecular formula is C13H21N6OP. The number of rotatable bonds is 4. The van der Waals surface area contributed by atoms with Gasteiger partial charge in [-0.05, 0) is 28.2 Å². The molecule has 1 heterocycles. The summed E-state index contributed by atoms with van der Waals surface area (Å²) in [6.45, 7) is 0. The summed E-state index contributed by atoms with van der Waals surface area (Å²) in [5, 5.41) is 0. The van der Waals surface area contributed by atoms with E-state index in [1.54, 1.807) is 43.7 Å². The Morgan fingerprint density at radius 2 is 1.71 bits per heavy atom. The van der Waals surface area contributed by atoms with Crippen LogP contribution in [0.2, 0.25) is 0 Å². The molecule has 0 atom stereocenters. The first-order chi connectivity index (χ1) is 9.85. The molecule has 0 saturated carbocycles. The maximum absolute atomic E-state index is 13.3. The van der Waals surface area contributed by atoms with Crippen molar-refractivity contribution in [3.05, 3.63) is 42.1 Å². The van der Waals surface area contributed by atoms with Crippen molar-refractivity contribution >= 4 is 19.3 Å². The van der Waals surface area contributed by atoms with E-state index in [9.17, 15) is 4.57 Å². The van der Waals surface area contributed by atoms with Crippen molar-refractivity contribution in [2.75, 3.05) is 28.2 Å². The molecular weight excluding hydrogens is 287 g/mol. The second-order valence-corrected chi connectivity index (χ2v) is 8.10. The fourth-order valence-electron chi connectivity index (χ4n) is 2.08. The SMILES string of the molecule is CN(C)P(=O)(N(C)C)N1C=C(c2ccccc2)N=C(N)N1. The predicted molar refractivity (Wildman–Crippen MR) is 86.0 cm³/mol. The monoisotopic (exact) mass is 308 g/mol. The number of hydrogen-bond acceptors (Lipinski definition) is 4. The zero-order chi connectivity index (χ0) is 15.6. The van der Waals surface area contributed by atoms with E-state index in [1.807, 2.05) is 30.3 Å². The Bertz CT molecular complexity index is 598. The summed E-state index contributed by atoms with van der Waals surface area (Å²) in [5.41, 5.74) is 10.3. The van der Waals surface area contributed by atoms with Crippen LogP contribution in [-0.4, -0.2) is 48.3 Å². The molecule has 1 aliphatic rings. The Kier molecular flexibility index (Phi) is 4.37. The Morgan fingerprint density at radius 1 is 1.14 bits per heavy atom. The van der Waals surface area contributed by atoms with Crippen molar-refractivity contribution in [2.24, 2.45) is 10.7 Å². The summed E-state index contributed by atoms with van der Waals surface area (Å²) in [6, 6.07) is 9.64. The predicted octanol–water partition coefficient (Wildman–Crippen LogP) is 1.35. The van der Waals surface area contributed by atoms with Crippen LogP contribution in [0.3, 0.4) is 0 Å². The Balaban J connectivity index is 2.45. The van der Waals surface area contributed by atoms with Crippen molar-refractivity contribution in [3.63, 3.8) is 0 Å². The maximum Gasteiger partial charge on any atom is 0.327 e. The standard InChI is InChI=1S/C13H21N6OP/c1-17(2)21(20,18(3)4)19-10-12(15-13(14)16-19)11-8-6-5-7-9-11/h5-10H,1-4H3,(H3,14,15,16). The highest BCUT2D eigenvalue weighted by molar-refractivity contribution is 7.56. The highest BCUT2D eigenvalue weighted by atomic mass is 31.2. The fraction of sp³-hybridized carbons (Fsp3) is 0.308. The number of aliphatic imine (C=N–C) groups is 1. The zero-order valence-corrected chi connectivity index (χ0v) is 13.6. The van der Waals surface area contributed by atoms with Crippen LogP contribution in [0.15, 0.2) is 41.5 Å². The lowest BCUT2D eigenvalue weighted by molar-refractivity contribution is 0.355. The van der Waals surface area contributed by atoms with Crippen LogP contribution in [0.4, 0.5) is 0 Å². The van der Waals surface area contributed by atoms with E-state index < -0.39 is 7.59 Å². The van der Waals surface area contributed by atoms with Crippen molar-refractivity contribution in [2.45, 2.75) is 0 Å². The summed E-state index contributed by atoms with van der Waals surface area (Å²) >= 11 is 0. The molecule has 2 rings (SSSR count). The van der Waals surface area contributed by atoms with Crippen LogP contribution in [-0.2, 0) is 4.57 Å². The van der Waals surface area contributed by atoms with Crippen molar-refractivity contribution in [1.82, 2.24) is 19.5 Å². The number of hydrazine groups is 1. The van der Waals surface area contributed by atoms with Gasteiger partial charge in [-0.2, -0.15) is 0 Å². The first kappa shape index (κ1) is 15.6. The third-order valence-electron chi connectivity index (χ3n) is 3.11. The van der Waals surface area contributed by atoms with Crippen LogP contribution in [0.5, 0.6) is 0 Å². The van der Waals surface area contributed by atoms with E-state index in [0.717, 1.165) is 5.56 Å². The molecule has 8 heteroatoms. The lowest BCUT2D eigenvalue weighted by Gasteiger charge is -2.39. The van der Waals surface area contributed by atoms with Gasteiger partial charge in [0.15, 0.2) is 0 Å². The number of hydrogen-bond donors (Lipinski definition) is 2. The highest BCUT2D eigenvalue weighted by Crippen LogP contribution is 2.53. The lowest BCUT2D eigenvalue weighted by Crippen LogP contribution is -2.47. The zero-order valence-electron chi connectivity index (χ0n) is 12.7. The van der Waals surface area contributed by atoms with Crippen molar-refractivity contribution in [3.8, 4) is 0 Å². The Labute approximate surface area is 125 Å². The molecule has 3 N–H and O–H groups in total. The average molecular weight is 308 g/mol. The maximum atomic E-state index is 13.3. The van der Waals surface area contributed by atoms with E-state index in [4.69, 9.17) is 5.73 Å². The van der Waals surface area contributed by atoms with Gasteiger partial charge >= 0.3 is 7.59 Å². The lowest BCUT2D eigenvalue weighted by atomic mass is 10.2. The molecule has 1 aliphatic heterocycles. The molecule has 1 aromatic rings. The molecule has 0 saturated heterocycles. The van der Waals surface area contributed by atoms with Crippen LogP contribution < -0.4 is 11.2 Å². The molecule has 1 aromatic carbocycles. The summed E-state index contributed by atoms with van der Waals surface area (Å²) < 4.78 is 18.1. The normalized spacial score (nSPS) is 15.8. The molecule has 0 bridgehead atoms. The molecule has 21 heavy (non-hydrogen) atoms. The second kappa shape index (κ2) is 5.89. The van der Waals surface area contributed by atoms with Crippen LogP contribution >= 0.6 is 7.59 Å². The van der Waals surface area contributed by atoms with E-state index in [1.165, 1.54) is 4.78 Å². The highest BCUT2D eigenvalue weighted by Gasteiger charge is 2.36. The summed E-state index contributed by atoms with van der Waals surface area (Å²) in [4.78, 5) is 4.28. The minimum Gasteiger partial charge on any atom is -0.368 e. The average Bonchev–Trinajstić information content (AvgIpc) is 2.46. The van der Waals surface area contributed by atoms with Crippen molar-refractivity contribution in [1.29, 1.82) is 0 Å². The largest absolute Gasteiger partial charge is 0.368 e. The third kappa shape index (κ3) is 2.95. The number of benzene rings is 1. The van der Waals surface area contributed by atoms with Crippen LogP contribution in [0.25, 0.3) is 5.70 Å². The molecule has 114 valence electrons. The van der Waals surface area contributed by atoms with Gasteiger partial charge < -0.3 is 5.73 Å². The first-order valence-electron chi connectivity index (χ1n) is 6.49. The number of guanidine groups is 1. The number of nitrogens with one attached hydrogen (secondary N) is 1. The van der Waals surface area contributed by atoms with E-state index in [-0.39, 0.29) is 5.96 Å². The Morgan fingerprint density at radius 3 is 2.24 bits per heavy atom. The topological polar surface area (TPSA) is 77.2 Å². The summed E-state index contributed by atoms with van der Waals surface area (Å²) in [7, 11) is 4.08. The minimum atomic E-state index is -2.98. The van der Waals surface area contributed by atoms with Crippen LogP contribution in [0, 0.1) is 0 Å². The molecule has 0 aromatic heterocycles. The van der Waals surface area contributed by atoms with E-state index in [2.05, 4.69) is 10.4 Å². The smallest absolute Gasteiger partial charge is 0.327 e. The van der Waals surface area contributed by atoms with Gasteiger partial charge in [0.1, 0.15) is 0 Å². The van der Waals surface area contributed by atoms with E-state index in [0.29, 0.717) is 5.70 Å². The molecule has 0 fully saturated rings. The summed E-state index contributed by atoms with van der Waals surface area (Å²) in [5.74, 6) is 0.209. The molecule has 0 spiro atoms. The van der Waals surface area contributed by atoms with Gasteiger partial charge in [-0.25, -0.2) is 19.1 Å². The quantitative estimate of drug-likeness (QED) is 0.818. The van der Waals surface area contributed by atoms with Gasteiger partial charge in [-0.15, -0.1) is 0 Å². The van der Waals surface area contributed by atoms with Gasteiger partial charge in [-0.3, -0.25) is 9.99 Å². The number of nitrogens with two attached hydrogens (primary N) is 1. The fourth-order valence-corrected chi connectivity index (χ4v) is 4.06. The van der Waals surface area contributed by atoms with Gasteiger partial charge in [0, 0.05) is 5.56 Å². The Hall–Kier alpha value is -1.82. The molecule has 7 nitrogen and oxygen atoms in total.